The number of fused-ring (bicyclic) bond motifs is 3. The Labute approximate surface area is 351 Å². The summed E-state index contributed by atoms with van der Waals surface area (Å²) in [6.45, 7) is 9.05. The molecule has 0 unspecified atom stereocenters. The van der Waals surface area contributed by atoms with Crippen LogP contribution < -0.4 is 24.8 Å². The first-order valence-corrected chi connectivity index (χ1v) is 19.8. The summed E-state index contributed by atoms with van der Waals surface area (Å²) in [4.78, 5) is 0. The smallest absolute Gasteiger partial charge is 0.0181 e. The van der Waals surface area contributed by atoms with Crippen LogP contribution in [-0.4, -0.2) is 3.21 Å². The second-order valence-corrected chi connectivity index (χ2v) is 15.7. The van der Waals surface area contributed by atoms with Crippen LogP contribution in [0.5, 0.6) is 0 Å². The number of benzene rings is 6. The summed E-state index contributed by atoms with van der Waals surface area (Å²) in [5, 5.41) is 0. The maximum Gasteiger partial charge on any atom is -0.0181 e. The molecule has 0 N–H and O–H groups in total. The number of halogens is 2. The van der Waals surface area contributed by atoms with Crippen LogP contribution in [0.1, 0.15) is 73.9 Å². The largest absolute Gasteiger partial charge is 0.143 e. The SMILES string of the molecule is CCCCc1cc(C(C)(C)C)c[cH-]1.[Cl-].[Cl-].[Zr+2]=[C](c1ccccc1)c1ccccc1.[c-]1c(-c2ccccc2)ccc2c1Cc1cc(-c3ccccc3)ccc1-2. The summed E-state index contributed by atoms with van der Waals surface area (Å²) in [5.41, 5.74) is 16.3. The minimum Gasteiger partial charge on any atom is -0.143 e. The van der Waals surface area contributed by atoms with Crippen molar-refractivity contribution in [3.05, 3.63) is 209 Å². The molecule has 1 aliphatic rings. The van der Waals surface area contributed by atoms with Gasteiger partial charge in [-0.05, 0) is 23.1 Å². The van der Waals surface area contributed by atoms with E-state index in [1.807, 2.05) is 0 Å². The van der Waals surface area contributed by atoms with Crippen LogP contribution in [-0.2, 0) is 42.5 Å². The van der Waals surface area contributed by atoms with Gasteiger partial charge in [-0.1, -0.05) is 148 Å². The van der Waals surface area contributed by atoms with Gasteiger partial charge in [-0.15, -0.1) is 29.3 Å². The van der Waals surface area contributed by atoms with Crippen molar-refractivity contribution < 1.29 is 49.0 Å². The minimum atomic E-state index is 0. The van der Waals surface area contributed by atoms with E-state index in [1.54, 1.807) is 0 Å². The van der Waals surface area contributed by atoms with E-state index in [9.17, 15) is 0 Å². The third-order valence-corrected chi connectivity index (χ3v) is 11.0. The van der Waals surface area contributed by atoms with Crippen LogP contribution in [0.2, 0.25) is 0 Å². The third kappa shape index (κ3) is 11.3. The fraction of sp³-hybridized carbons (Fsp3) is 0.176. The Hall–Kier alpha value is -4.00. The topological polar surface area (TPSA) is 0 Å². The van der Waals surface area contributed by atoms with E-state index in [2.05, 4.69) is 204 Å². The van der Waals surface area contributed by atoms with Gasteiger partial charge in [0.05, 0.1) is 0 Å². The molecule has 0 atom stereocenters. The Kier molecular flexibility index (Phi) is 16.3. The number of unbranched alkanes of at least 4 members (excludes halogenated alkanes) is 1. The monoisotopic (exact) mass is 820 g/mol. The zero-order chi connectivity index (χ0) is 36.3. The molecule has 0 spiro atoms. The molecule has 0 bridgehead atoms. The molecule has 54 heavy (non-hydrogen) atoms. The van der Waals surface area contributed by atoms with Crippen molar-refractivity contribution in [1.82, 2.24) is 0 Å². The Morgan fingerprint density at radius 2 is 1.17 bits per heavy atom. The number of aryl methyl sites for hydroxylation is 1. The van der Waals surface area contributed by atoms with E-state index in [0.717, 1.165) is 6.42 Å². The Bertz CT molecular complexity index is 2050. The van der Waals surface area contributed by atoms with E-state index in [1.165, 1.54) is 113 Å². The molecule has 0 aliphatic heterocycles. The van der Waals surface area contributed by atoms with Gasteiger partial charge in [-0.25, -0.2) is 6.07 Å². The van der Waals surface area contributed by atoms with Gasteiger partial charge < -0.3 is 24.8 Å². The molecule has 7 aromatic rings. The first kappa shape index (κ1) is 42.7. The molecule has 0 aromatic heterocycles. The molecule has 272 valence electrons. The van der Waals surface area contributed by atoms with Crippen molar-refractivity contribution in [2.75, 3.05) is 0 Å². The molecule has 7 aromatic carbocycles. The summed E-state index contributed by atoms with van der Waals surface area (Å²) in [5.74, 6) is 0. The molecule has 0 heterocycles. The van der Waals surface area contributed by atoms with Crippen LogP contribution in [0.3, 0.4) is 0 Å². The fourth-order valence-electron chi connectivity index (χ4n) is 6.59. The molecule has 8 rings (SSSR count). The third-order valence-electron chi connectivity index (χ3n) is 9.61. The molecule has 0 saturated heterocycles. The summed E-state index contributed by atoms with van der Waals surface area (Å²) in [7, 11) is 0. The molecular formula is C51H48Cl2Zr-2. The Morgan fingerprint density at radius 1 is 0.630 bits per heavy atom. The zero-order valence-electron chi connectivity index (χ0n) is 31.8. The van der Waals surface area contributed by atoms with E-state index < -0.39 is 0 Å². The number of hydrogen-bond donors (Lipinski definition) is 0. The molecule has 0 radical (unpaired) electrons. The van der Waals surface area contributed by atoms with Crippen molar-refractivity contribution in [3.8, 4) is 33.4 Å². The molecule has 3 heteroatoms. The molecule has 0 amide bonds. The van der Waals surface area contributed by atoms with Crippen LogP contribution in [0.15, 0.2) is 170 Å². The number of hydrogen-bond acceptors (Lipinski definition) is 0. The second kappa shape index (κ2) is 20.6. The van der Waals surface area contributed by atoms with Gasteiger partial charge in [0.2, 0.25) is 0 Å². The van der Waals surface area contributed by atoms with Gasteiger partial charge in [-0.2, -0.15) is 23.3 Å². The number of rotatable bonds is 7. The van der Waals surface area contributed by atoms with Crippen LogP contribution >= 0.6 is 0 Å². The average Bonchev–Trinajstić information content (AvgIpc) is 3.83. The van der Waals surface area contributed by atoms with Crippen LogP contribution in [0.4, 0.5) is 0 Å². The molecule has 0 fully saturated rings. The standard InChI is InChI=1S/C25H17.C13H10.C13H21.2ClH.Zr/c1-3-7-18(8-4-1)20-11-13-24-22(15-20)17-23-16-21(12-14-25(23)24)19-9-5-2-6-10-19;1-3-7-12(8-4-1)11-13-9-5-2-6-10-13;1-5-6-7-11-8-9-12(10-11)13(2,3)4;;;/h1-15H,17H2;1-10H;8-10H,5-7H2,1-4H3;2*1H;/q-1;;-1;;;+2/p-2. The van der Waals surface area contributed by atoms with E-state index >= 15 is 0 Å². The van der Waals surface area contributed by atoms with Crippen molar-refractivity contribution in [2.45, 2.75) is 58.8 Å². The van der Waals surface area contributed by atoms with Crippen molar-refractivity contribution in [2.24, 2.45) is 0 Å². The quantitative estimate of drug-likeness (QED) is 0.149. The fourth-order valence-corrected chi connectivity index (χ4v) is 7.41. The summed E-state index contributed by atoms with van der Waals surface area (Å²) < 4.78 is 1.42. The maximum absolute atomic E-state index is 3.65. The van der Waals surface area contributed by atoms with Crippen molar-refractivity contribution in [3.63, 3.8) is 0 Å². The van der Waals surface area contributed by atoms with E-state index in [-0.39, 0.29) is 24.8 Å². The van der Waals surface area contributed by atoms with Crippen LogP contribution in [0, 0.1) is 6.07 Å². The average molecular weight is 823 g/mol. The van der Waals surface area contributed by atoms with Crippen molar-refractivity contribution in [1.29, 1.82) is 0 Å². The minimum absolute atomic E-state index is 0. The summed E-state index contributed by atoms with van der Waals surface area (Å²) >= 11 is 1.46. The zero-order valence-corrected chi connectivity index (χ0v) is 35.7. The molecule has 0 nitrogen and oxygen atoms in total. The van der Waals surface area contributed by atoms with Gasteiger partial charge in [0.1, 0.15) is 0 Å². The maximum atomic E-state index is 3.65. The first-order valence-electron chi connectivity index (χ1n) is 18.5. The van der Waals surface area contributed by atoms with Crippen molar-refractivity contribution >= 4 is 3.21 Å². The van der Waals surface area contributed by atoms with Gasteiger partial charge in [0.15, 0.2) is 0 Å². The van der Waals surface area contributed by atoms with Gasteiger partial charge >= 0.3 is 99.2 Å². The predicted octanol–water partition coefficient (Wildman–Crippen LogP) is 7.25. The summed E-state index contributed by atoms with van der Waals surface area (Å²) in [6.07, 6.45) is 4.81. The van der Waals surface area contributed by atoms with E-state index in [0.29, 0.717) is 5.41 Å². The van der Waals surface area contributed by atoms with Gasteiger partial charge in [-0.3, -0.25) is 0 Å². The van der Waals surface area contributed by atoms with Crippen LogP contribution in [0.25, 0.3) is 33.4 Å². The van der Waals surface area contributed by atoms with E-state index in [4.69, 9.17) is 0 Å². The predicted molar refractivity (Wildman–Crippen MR) is 220 cm³/mol. The Balaban J connectivity index is 0.000000193. The second-order valence-electron chi connectivity index (χ2n) is 14.5. The molecular weight excluding hydrogens is 775 g/mol. The van der Waals surface area contributed by atoms with Gasteiger partial charge in [0, 0.05) is 0 Å². The molecule has 0 saturated carbocycles. The summed E-state index contributed by atoms with van der Waals surface area (Å²) in [6, 6.07) is 64.0. The molecule has 1 aliphatic carbocycles. The Morgan fingerprint density at radius 3 is 1.70 bits per heavy atom. The first-order chi connectivity index (χ1) is 25.3. The van der Waals surface area contributed by atoms with Gasteiger partial charge in [0.25, 0.3) is 0 Å². The normalized spacial score (nSPS) is 10.9.